The molecule has 1 aliphatic heterocycles. The van der Waals surface area contributed by atoms with Crippen molar-refractivity contribution in [2.45, 2.75) is 25.8 Å². The lowest BCUT2D eigenvalue weighted by Gasteiger charge is -2.01. The van der Waals surface area contributed by atoms with Crippen molar-refractivity contribution < 1.29 is 4.74 Å². The van der Waals surface area contributed by atoms with Crippen LogP contribution in [0.4, 0.5) is 0 Å². The number of nitrogens with zero attached hydrogens (tertiary/aromatic N) is 1. The Morgan fingerprint density at radius 2 is 2.64 bits per heavy atom. The minimum absolute atomic E-state index is 0.551. The van der Waals surface area contributed by atoms with E-state index in [4.69, 9.17) is 4.74 Å². The number of hydrogen-bond acceptors (Lipinski definition) is 4. The molecule has 0 spiro atoms. The van der Waals surface area contributed by atoms with Gasteiger partial charge in [0.1, 0.15) is 0 Å². The van der Waals surface area contributed by atoms with Crippen LogP contribution in [0.15, 0.2) is 5.38 Å². The molecule has 2 heterocycles. The topological polar surface area (TPSA) is 34.1 Å². The quantitative estimate of drug-likeness (QED) is 0.825. The third kappa shape index (κ3) is 2.32. The highest BCUT2D eigenvalue weighted by molar-refractivity contribution is 7.09. The maximum Gasteiger partial charge on any atom is 0.0983 e. The van der Waals surface area contributed by atoms with Gasteiger partial charge in [0.25, 0.3) is 0 Å². The molecular weight excluding hydrogens is 196 g/mol. The molecule has 1 fully saturated rings. The minimum atomic E-state index is 0.551. The van der Waals surface area contributed by atoms with Crippen LogP contribution in [0.25, 0.3) is 0 Å². The van der Waals surface area contributed by atoms with Gasteiger partial charge in [-0.1, -0.05) is 6.92 Å². The molecule has 0 radical (unpaired) electrons. The fourth-order valence-corrected chi connectivity index (χ4v) is 2.51. The summed E-state index contributed by atoms with van der Waals surface area (Å²) in [7, 11) is 0. The molecule has 0 aliphatic carbocycles. The van der Waals surface area contributed by atoms with Crippen molar-refractivity contribution in [3.05, 3.63) is 16.1 Å². The van der Waals surface area contributed by atoms with E-state index in [0.717, 1.165) is 32.7 Å². The van der Waals surface area contributed by atoms with E-state index in [1.807, 2.05) is 0 Å². The van der Waals surface area contributed by atoms with E-state index >= 15 is 0 Å². The number of hydrogen-bond donors (Lipinski definition) is 1. The second-order valence-corrected chi connectivity index (χ2v) is 4.41. The van der Waals surface area contributed by atoms with Gasteiger partial charge in [0, 0.05) is 24.4 Å². The molecule has 1 aromatic rings. The van der Waals surface area contributed by atoms with Gasteiger partial charge in [-0.25, -0.2) is 4.98 Å². The van der Waals surface area contributed by atoms with E-state index in [1.165, 1.54) is 10.7 Å². The summed E-state index contributed by atoms with van der Waals surface area (Å²) in [5.74, 6) is 0.551. The largest absolute Gasteiger partial charge is 0.381 e. The van der Waals surface area contributed by atoms with Crippen LogP contribution in [0, 0.1) is 0 Å². The molecule has 1 atom stereocenters. The molecule has 1 N–H and O–H groups in total. The summed E-state index contributed by atoms with van der Waals surface area (Å²) >= 11 is 1.77. The van der Waals surface area contributed by atoms with Crippen molar-refractivity contribution in [3.8, 4) is 0 Å². The van der Waals surface area contributed by atoms with Gasteiger partial charge in [-0.15, -0.1) is 11.3 Å². The smallest absolute Gasteiger partial charge is 0.0983 e. The zero-order valence-corrected chi connectivity index (χ0v) is 9.27. The summed E-state index contributed by atoms with van der Waals surface area (Å²) in [5.41, 5.74) is 1.17. The summed E-state index contributed by atoms with van der Waals surface area (Å²) in [6.07, 6.45) is 1.13. The highest BCUT2D eigenvalue weighted by atomic mass is 32.1. The summed E-state index contributed by atoms with van der Waals surface area (Å²) in [5, 5.41) is 6.68. The monoisotopic (exact) mass is 212 g/mol. The third-order valence-electron chi connectivity index (χ3n) is 2.40. The molecule has 0 amide bonds. The average Bonchev–Trinajstić information content (AvgIpc) is 2.85. The van der Waals surface area contributed by atoms with Crippen LogP contribution in [-0.4, -0.2) is 24.7 Å². The zero-order chi connectivity index (χ0) is 9.80. The van der Waals surface area contributed by atoms with Gasteiger partial charge in [0.2, 0.25) is 0 Å². The molecule has 1 aromatic heterocycles. The van der Waals surface area contributed by atoms with Crippen molar-refractivity contribution in [3.63, 3.8) is 0 Å². The Bertz CT molecular complexity index is 281. The SMILES string of the molecule is CCNCc1csc(C2CCOC2)n1. The highest BCUT2D eigenvalue weighted by Crippen LogP contribution is 2.27. The number of ether oxygens (including phenoxy) is 1. The van der Waals surface area contributed by atoms with E-state index in [0.29, 0.717) is 5.92 Å². The second-order valence-electron chi connectivity index (χ2n) is 3.52. The lowest BCUT2D eigenvalue weighted by atomic mass is 10.1. The first-order chi connectivity index (χ1) is 6.90. The van der Waals surface area contributed by atoms with E-state index in [-0.39, 0.29) is 0 Å². The molecule has 2 rings (SSSR count). The lowest BCUT2D eigenvalue weighted by Crippen LogP contribution is -2.12. The van der Waals surface area contributed by atoms with Crippen molar-refractivity contribution in [1.82, 2.24) is 10.3 Å². The molecule has 14 heavy (non-hydrogen) atoms. The Morgan fingerprint density at radius 1 is 1.71 bits per heavy atom. The van der Waals surface area contributed by atoms with Crippen LogP contribution in [-0.2, 0) is 11.3 Å². The van der Waals surface area contributed by atoms with Gasteiger partial charge in [-0.05, 0) is 13.0 Å². The molecule has 1 unspecified atom stereocenters. The summed E-state index contributed by atoms with van der Waals surface area (Å²) in [6.45, 7) is 5.75. The Balaban J connectivity index is 1.94. The lowest BCUT2D eigenvalue weighted by molar-refractivity contribution is 0.194. The van der Waals surface area contributed by atoms with Crippen LogP contribution in [0.1, 0.15) is 30.0 Å². The third-order valence-corrected chi connectivity index (χ3v) is 3.46. The van der Waals surface area contributed by atoms with E-state index in [1.54, 1.807) is 11.3 Å². The Morgan fingerprint density at radius 3 is 3.36 bits per heavy atom. The van der Waals surface area contributed by atoms with Gasteiger partial charge in [-0.3, -0.25) is 0 Å². The molecule has 1 saturated heterocycles. The summed E-state index contributed by atoms with van der Waals surface area (Å²) in [4.78, 5) is 4.61. The maximum atomic E-state index is 5.35. The first-order valence-corrected chi connectivity index (χ1v) is 6.01. The molecule has 4 heteroatoms. The van der Waals surface area contributed by atoms with Gasteiger partial charge in [-0.2, -0.15) is 0 Å². The summed E-state index contributed by atoms with van der Waals surface area (Å²) in [6, 6.07) is 0. The normalized spacial score (nSPS) is 21.6. The van der Waals surface area contributed by atoms with Gasteiger partial charge in [0.15, 0.2) is 0 Å². The van der Waals surface area contributed by atoms with Crippen LogP contribution < -0.4 is 5.32 Å². The fourth-order valence-electron chi connectivity index (χ4n) is 1.57. The second kappa shape index (κ2) is 4.87. The molecule has 0 bridgehead atoms. The van der Waals surface area contributed by atoms with Crippen LogP contribution in [0.5, 0.6) is 0 Å². The highest BCUT2D eigenvalue weighted by Gasteiger charge is 2.20. The molecule has 0 saturated carbocycles. The molecule has 0 aromatic carbocycles. The standard InChI is InChI=1S/C10H16N2OS/c1-2-11-5-9-7-14-10(12-9)8-3-4-13-6-8/h7-8,11H,2-6H2,1H3. The fraction of sp³-hybridized carbons (Fsp3) is 0.700. The minimum Gasteiger partial charge on any atom is -0.381 e. The maximum absolute atomic E-state index is 5.35. The van der Waals surface area contributed by atoms with E-state index in [9.17, 15) is 0 Å². The molecule has 3 nitrogen and oxygen atoms in total. The van der Waals surface area contributed by atoms with Crippen LogP contribution >= 0.6 is 11.3 Å². The number of nitrogens with one attached hydrogen (secondary N) is 1. The van der Waals surface area contributed by atoms with E-state index < -0.39 is 0 Å². The van der Waals surface area contributed by atoms with Crippen LogP contribution in [0.2, 0.25) is 0 Å². The van der Waals surface area contributed by atoms with Crippen LogP contribution in [0.3, 0.4) is 0 Å². The van der Waals surface area contributed by atoms with Crippen molar-refractivity contribution >= 4 is 11.3 Å². The Hall–Kier alpha value is -0.450. The number of aromatic nitrogens is 1. The predicted molar refractivity (Wildman–Crippen MR) is 57.7 cm³/mol. The van der Waals surface area contributed by atoms with Gasteiger partial charge in [0.05, 0.1) is 17.3 Å². The predicted octanol–water partition coefficient (Wildman–Crippen LogP) is 1.76. The molecule has 1 aliphatic rings. The Labute approximate surface area is 88.5 Å². The van der Waals surface area contributed by atoms with Gasteiger partial charge >= 0.3 is 0 Å². The average molecular weight is 212 g/mol. The first-order valence-electron chi connectivity index (χ1n) is 5.13. The van der Waals surface area contributed by atoms with Crippen molar-refractivity contribution in [1.29, 1.82) is 0 Å². The Kier molecular flexibility index (Phi) is 3.50. The molecular formula is C10H16N2OS. The number of rotatable bonds is 4. The number of thiazole rings is 1. The summed E-state index contributed by atoms with van der Waals surface area (Å²) < 4.78 is 5.35. The first kappa shape index (κ1) is 10.1. The van der Waals surface area contributed by atoms with E-state index in [2.05, 4.69) is 22.6 Å². The zero-order valence-electron chi connectivity index (χ0n) is 8.45. The molecule has 78 valence electrons. The van der Waals surface area contributed by atoms with Crippen molar-refractivity contribution in [2.24, 2.45) is 0 Å². The van der Waals surface area contributed by atoms with Crippen molar-refractivity contribution in [2.75, 3.05) is 19.8 Å². The van der Waals surface area contributed by atoms with Gasteiger partial charge < -0.3 is 10.1 Å².